The van der Waals surface area contributed by atoms with E-state index >= 15 is 0 Å². The van der Waals surface area contributed by atoms with Crippen LogP contribution in [0.25, 0.3) is 0 Å². The van der Waals surface area contributed by atoms with Crippen molar-refractivity contribution >= 4 is 5.91 Å². The third-order valence-electron chi connectivity index (χ3n) is 6.76. The van der Waals surface area contributed by atoms with E-state index in [4.69, 9.17) is 4.42 Å². The zero-order valence-corrected chi connectivity index (χ0v) is 15.8. The molecule has 1 spiro atoms. The molecule has 1 saturated heterocycles. The van der Waals surface area contributed by atoms with Gasteiger partial charge in [-0.3, -0.25) is 9.69 Å². The molecule has 142 valence electrons. The second-order valence-corrected chi connectivity index (χ2v) is 8.67. The highest BCUT2D eigenvalue weighted by atomic mass is 16.3. The molecule has 1 unspecified atom stereocenters. The average molecular weight is 364 g/mol. The summed E-state index contributed by atoms with van der Waals surface area (Å²) < 4.78 is 5.52. The van der Waals surface area contributed by atoms with E-state index in [0.717, 1.165) is 44.7 Å². The number of amides is 1. The SMILES string of the molecule is O=C(CC1CC2(CCN(Cc3ccco3)CC2)c2ccccc21)NC1CC1. The largest absolute Gasteiger partial charge is 0.468 e. The zero-order chi connectivity index (χ0) is 18.3. The smallest absolute Gasteiger partial charge is 0.220 e. The van der Waals surface area contributed by atoms with Crippen LogP contribution >= 0.6 is 0 Å². The van der Waals surface area contributed by atoms with E-state index in [-0.39, 0.29) is 11.3 Å². The van der Waals surface area contributed by atoms with Gasteiger partial charge < -0.3 is 9.73 Å². The van der Waals surface area contributed by atoms with Gasteiger partial charge in [0.15, 0.2) is 0 Å². The molecule has 1 aliphatic heterocycles. The highest BCUT2D eigenvalue weighted by Crippen LogP contribution is 2.52. The van der Waals surface area contributed by atoms with Gasteiger partial charge in [0.2, 0.25) is 5.91 Å². The Kier molecular flexibility index (Phi) is 4.31. The topological polar surface area (TPSA) is 45.5 Å². The molecule has 1 aromatic heterocycles. The predicted molar refractivity (Wildman–Crippen MR) is 104 cm³/mol. The monoisotopic (exact) mass is 364 g/mol. The van der Waals surface area contributed by atoms with Gasteiger partial charge in [-0.25, -0.2) is 0 Å². The van der Waals surface area contributed by atoms with E-state index in [0.29, 0.717) is 18.4 Å². The molecule has 1 aromatic carbocycles. The van der Waals surface area contributed by atoms with Crippen molar-refractivity contribution in [3.05, 3.63) is 59.5 Å². The van der Waals surface area contributed by atoms with Crippen LogP contribution in [0.3, 0.4) is 0 Å². The maximum absolute atomic E-state index is 12.4. The lowest BCUT2D eigenvalue weighted by atomic mass is 9.73. The van der Waals surface area contributed by atoms with E-state index in [1.807, 2.05) is 6.07 Å². The number of rotatable bonds is 5. The molecule has 1 amide bonds. The molecule has 2 fully saturated rings. The fourth-order valence-corrected chi connectivity index (χ4v) is 5.18. The summed E-state index contributed by atoms with van der Waals surface area (Å²) in [7, 11) is 0. The fraction of sp³-hybridized carbons (Fsp3) is 0.522. The van der Waals surface area contributed by atoms with Crippen LogP contribution in [0.1, 0.15) is 61.3 Å². The minimum absolute atomic E-state index is 0.240. The summed E-state index contributed by atoms with van der Waals surface area (Å²) in [4.78, 5) is 14.9. The standard InChI is InChI=1S/C23H28N2O2/c26-22(24-18-7-8-18)14-17-15-23(21-6-2-1-5-20(17)21)9-11-25(12-10-23)16-19-4-3-13-27-19/h1-6,13,17-18H,7-12,14-16H2,(H,24,26). The molecule has 1 N–H and O–H groups in total. The molecule has 2 aromatic rings. The summed E-state index contributed by atoms with van der Waals surface area (Å²) in [6.45, 7) is 3.09. The maximum atomic E-state index is 12.4. The summed E-state index contributed by atoms with van der Waals surface area (Å²) in [6, 6.07) is 13.4. The van der Waals surface area contributed by atoms with Crippen LogP contribution in [0.4, 0.5) is 0 Å². The van der Waals surface area contributed by atoms with Gasteiger partial charge in [-0.05, 0) is 79.8 Å². The van der Waals surface area contributed by atoms with Crippen LogP contribution in [0.15, 0.2) is 47.1 Å². The molecule has 0 radical (unpaired) electrons. The van der Waals surface area contributed by atoms with Gasteiger partial charge in [-0.2, -0.15) is 0 Å². The van der Waals surface area contributed by atoms with Crippen LogP contribution in [-0.4, -0.2) is 29.9 Å². The molecule has 1 saturated carbocycles. The van der Waals surface area contributed by atoms with Crippen molar-refractivity contribution in [2.75, 3.05) is 13.1 Å². The minimum Gasteiger partial charge on any atom is -0.468 e. The Morgan fingerprint density at radius 3 is 2.70 bits per heavy atom. The van der Waals surface area contributed by atoms with E-state index < -0.39 is 0 Å². The molecule has 27 heavy (non-hydrogen) atoms. The van der Waals surface area contributed by atoms with Crippen LogP contribution in [0.2, 0.25) is 0 Å². The maximum Gasteiger partial charge on any atom is 0.220 e. The Bertz CT molecular complexity index is 802. The number of benzene rings is 1. The van der Waals surface area contributed by atoms with Gasteiger partial charge in [0.05, 0.1) is 12.8 Å². The molecule has 2 heterocycles. The van der Waals surface area contributed by atoms with Gasteiger partial charge in [0, 0.05) is 12.5 Å². The molecule has 4 nitrogen and oxygen atoms in total. The van der Waals surface area contributed by atoms with E-state index in [1.54, 1.807) is 6.26 Å². The van der Waals surface area contributed by atoms with Crippen molar-refractivity contribution < 1.29 is 9.21 Å². The number of nitrogens with one attached hydrogen (secondary N) is 1. The first-order valence-electron chi connectivity index (χ1n) is 10.4. The lowest BCUT2D eigenvalue weighted by Crippen LogP contribution is -2.41. The molecular formula is C23H28N2O2. The third-order valence-corrected chi connectivity index (χ3v) is 6.76. The van der Waals surface area contributed by atoms with Crippen LogP contribution in [-0.2, 0) is 16.8 Å². The number of fused-ring (bicyclic) bond motifs is 2. The molecule has 2 aliphatic carbocycles. The number of furan rings is 1. The number of piperidine rings is 1. The Balaban J connectivity index is 1.29. The Morgan fingerprint density at radius 1 is 1.15 bits per heavy atom. The highest BCUT2D eigenvalue weighted by Gasteiger charge is 2.45. The van der Waals surface area contributed by atoms with Gasteiger partial charge in [-0.15, -0.1) is 0 Å². The summed E-state index contributed by atoms with van der Waals surface area (Å²) >= 11 is 0. The van der Waals surface area contributed by atoms with Crippen molar-refractivity contribution in [1.29, 1.82) is 0 Å². The normalized spacial score (nSPS) is 24.1. The Morgan fingerprint density at radius 2 is 1.96 bits per heavy atom. The van der Waals surface area contributed by atoms with E-state index in [9.17, 15) is 4.79 Å². The first kappa shape index (κ1) is 17.1. The van der Waals surface area contributed by atoms with E-state index in [1.165, 1.54) is 24.0 Å². The van der Waals surface area contributed by atoms with Gasteiger partial charge in [0.25, 0.3) is 0 Å². The first-order chi connectivity index (χ1) is 13.2. The second-order valence-electron chi connectivity index (χ2n) is 8.67. The summed E-state index contributed by atoms with van der Waals surface area (Å²) in [5.41, 5.74) is 3.18. The van der Waals surface area contributed by atoms with Crippen molar-refractivity contribution in [2.24, 2.45) is 0 Å². The van der Waals surface area contributed by atoms with Gasteiger partial charge >= 0.3 is 0 Å². The lowest BCUT2D eigenvalue weighted by Gasteiger charge is -2.40. The molecule has 5 rings (SSSR count). The number of carbonyl (C=O) groups is 1. The summed E-state index contributed by atoms with van der Waals surface area (Å²) in [5, 5.41) is 3.18. The van der Waals surface area contributed by atoms with Crippen LogP contribution in [0, 0.1) is 0 Å². The molecule has 3 aliphatic rings. The minimum atomic E-state index is 0.240. The van der Waals surface area contributed by atoms with E-state index in [2.05, 4.69) is 40.5 Å². The Labute approximate surface area is 160 Å². The highest BCUT2D eigenvalue weighted by molar-refractivity contribution is 5.78. The average Bonchev–Trinajstić information content (AvgIpc) is 3.24. The van der Waals surface area contributed by atoms with Crippen LogP contribution in [0.5, 0.6) is 0 Å². The number of hydrogen-bond acceptors (Lipinski definition) is 3. The second kappa shape index (κ2) is 6.83. The summed E-state index contributed by atoms with van der Waals surface area (Å²) in [5.74, 6) is 1.66. The first-order valence-corrected chi connectivity index (χ1v) is 10.4. The van der Waals surface area contributed by atoms with Crippen LogP contribution < -0.4 is 5.32 Å². The zero-order valence-electron chi connectivity index (χ0n) is 15.8. The molecule has 1 atom stereocenters. The van der Waals surface area contributed by atoms with Crippen molar-refractivity contribution in [2.45, 2.75) is 62.4 Å². The fourth-order valence-electron chi connectivity index (χ4n) is 5.18. The number of carbonyl (C=O) groups excluding carboxylic acids is 1. The summed E-state index contributed by atoms with van der Waals surface area (Å²) in [6.07, 6.45) is 8.18. The number of nitrogens with zero attached hydrogens (tertiary/aromatic N) is 1. The molecule has 0 bridgehead atoms. The van der Waals surface area contributed by atoms with Gasteiger partial charge in [-0.1, -0.05) is 24.3 Å². The predicted octanol–water partition coefficient (Wildman–Crippen LogP) is 3.97. The quantitative estimate of drug-likeness (QED) is 0.873. The molecular weight excluding hydrogens is 336 g/mol. The van der Waals surface area contributed by atoms with Gasteiger partial charge in [0.1, 0.15) is 5.76 Å². The lowest BCUT2D eigenvalue weighted by molar-refractivity contribution is -0.121. The third kappa shape index (κ3) is 3.43. The number of hydrogen-bond donors (Lipinski definition) is 1. The Hall–Kier alpha value is -2.07. The molecule has 4 heteroatoms. The van der Waals surface area contributed by atoms with Crippen molar-refractivity contribution in [1.82, 2.24) is 10.2 Å². The number of likely N-dealkylation sites (tertiary alicyclic amines) is 1. The van der Waals surface area contributed by atoms with Crippen molar-refractivity contribution in [3.8, 4) is 0 Å². The van der Waals surface area contributed by atoms with Crippen molar-refractivity contribution in [3.63, 3.8) is 0 Å².